The molecule has 0 N–H and O–H groups in total. The minimum atomic E-state index is 1.16. The predicted molar refractivity (Wildman–Crippen MR) is 81.9 cm³/mol. The van der Waals surface area contributed by atoms with E-state index >= 15 is 0 Å². The van der Waals surface area contributed by atoms with Gasteiger partial charge in [-0.2, -0.15) is 0 Å². The average Bonchev–Trinajstić information content (AvgIpc) is 2.28. The molecular weight excluding hydrogens is 375 g/mol. The van der Waals surface area contributed by atoms with Gasteiger partial charge >= 0.3 is 0 Å². The van der Waals surface area contributed by atoms with Gasteiger partial charge in [0.1, 0.15) is 0 Å². The van der Waals surface area contributed by atoms with Crippen LogP contribution < -0.4 is 0 Å². The fourth-order valence-electron chi connectivity index (χ4n) is 2.03. The molecular formula is C14H8BrI. The van der Waals surface area contributed by atoms with E-state index in [1.165, 1.54) is 25.1 Å². The van der Waals surface area contributed by atoms with Crippen LogP contribution in [0.3, 0.4) is 0 Å². The van der Waals surface area contributed by atoms with Crippen LogP contribution in [0, 0.1) is 3.57 Å². The Kier molecular flexibility index (Phi) is 2.64. The Balaban J connectivity index is 2.61. The van der Waals surface area contributed by atoms with Crippen molar-refractivity contribution in [2.75, 3.05) is 0 Å². The zero-order valence-corrected chi connectivity index (χ0v) is 12.1. The van der Waals surface area contributed by atoms with Gasteiger partial charge in [0.25, 0.3) is 0 Å². The molecule has 0 saturated carbocycles. The van der Waals surface area contributed by atoms with E-state index in [9.17, 15) is 0 Å². The normalized spacial score (nSPS) is 11.1. The van der Waals surface area contributed by atoms with E-state index in [0.717, 1.165) is 4.47 Å². The van der Waals surface area contributed by atoms with E-state index in [4.69, 9.17) is 0 Å². The first-order valence-corrected chi connectivity index (χ1v) is 6.89. The van der Waals surface area contributed by atoms with Crippen LogP contribution in [0.2, 0.25) is 0 Å². The van der Waals surface area contributed by atoms with Crippen LogP contribution in [0.25, 0.3) is 21.5 Å². The topological polar surface area (TPSA) is 0 Å². The molecule has 0 radical (unpaired) electrons. The summed E-state index contributed by atoms with van der Waals surface area (Å²) in [5, 5.41) is 5.19. The van der Waals surface area contributed by atoms with Gasteiger partial charge in [-0.1, -0.05) is 46.3 Å². The summed E-state index contributed by atoms with van der Waals surface area (Å²) >= 11 is 6.00. The fraction of sp³-hybridized carbons (Fsp3) is 0. The van der Waals surface area contributed by atoms with Crippen LogP contribution in [0.15, 0.2) is 53.0 Å². The van der Waals surface area contributed by atoms with Crippen molar-refractivity contribution in [3.05, 3.63) is 56.6 Å². The number of hydrogen-bond donors (Lipinski definition) is 0. The summed E-state index contributed by atoms with van der Waals surface area (Å²) in [5.74, 6) is 0. The Hall–Kier alpha value is -0.610. The Labute approximate surface area is 116 Å². The van der Waals surface area contributed by atoms with Gasteiger partial charge in [0, 0.05) is 13.4 Å². The minimum Gasteiger partial charge on any atom is -0.0605 e. The van der Waals surface area contributed by atoms with Gasteiger partial charge in [0.05, 0.1) is 0 Å². The minimum absolute atomic E-state index is 1.16. The number of benzene rings is 3. The third-order valence-electron chi connectivity index (χ3n) is 2.77. The zero-order valence-electron chi connectivity index (χ0n) is 8.37. The van der Waals surface area contributed by atoms with Crippen molar-refractivity contribution in [3.8, 4) is 0 Å². The highest BCUT2D eigenvalue weighted by Gasteiger charge is 2.03. The Morgan fingerprint density at radius 3 is 2.50 bits per heavy atom. The summed E-state index contributed by atoms with van der Waals surface area (Å²) in [6.45, 7) is 0. The Bertz CT molecular complexity index is 689. The monoisotopic (exact) mass is 382 g/mol. The summed E-state index contributed by atoms with van der Waals surface area (Å²) in [7, 11) is 0. The average molecular weight is 383 g/mol. The van der Waals surface area contributed by atoms with Crippen molar-refractivity contribution >= 4 is 60.1 Å². The first-order chi connectivity index (χ1) is 7.75. The molecule has 78 valence electrons. The molecule has 0 saturated heterocycles. The quantitative estimate of drug-likeness (QED) is 0.362. The lowest BCUT2D eigenvalue weighted by Gasteiger charge is -2.06. The van der Waals surface area contributed by atoms with Gasteiger partial charge in [-0.25, -0.2) is 0 Å². The summed E-state index contributed by atoms with van der Waals surface area (Å²) in [6, 6.07) is 17.2. The van der Waals surface area contributed by atoms with Crippen molar-refractivity contribution in [1.29, 1.82) is 0 Å². The largest absolute Gasteiger partial charge is 0.0605 e. The van der Waals surface area contributed by atoms with Gasteiger partial charge in [-0.15, -0.1) is 0 Å². The second-order valence-electron chi connectivity index (χ2n) is 3.77. The molecule has 0 fully saturated rings. The lowest BCUT2D eigenvalue weighted by atomic mass is 10.0. The smallest absolute Gasteiger partial charge is 0.0259 e. The summed E-state index contributed by atoms with van der Waals surface area (Å²) in [6.07, 6.45) is 0. The predicted octanol–water partition coefficient (Wildman–Crippen LogP) is 5.36. The van der Waals surface area contributed by atoms with Crippen LogP contribution in [-0.4, -0.2) is 0 Å². The van der Waals surface area contributed by atoms with E-state index in [1.807, 2.05) is 0 Å². The van der Waals surface area contributed by atoms with Crippen molar-refractivity contribution in [3.63, 3.8) is 0 Å². The molecule has 0 amide bonds. The SMILES string of the molecule is Brc1cccc2ccc3ccc(I)cc3c12. The maximum absolute atomic E-state index is 3.64. The van der Waals surface area contributed by atoms with Crippen LogP contribution in [0.1, 0.15) is 0 Å². The van der Waals surface area contributed by atoms with Gasteiger partial charge in [-0.3, -0.25) is 0 Å². The van der Waals surface area contributed by atoms with Crippen molar-refractivity contribution in [2.24, 2.45) is 0 Å². The van der Waals surface area contributed by atoms with E-state index in [2.05, 4.69) is 87.1 Å². The molecule has 0 aromatic heterocycles. The molecule has 0 nitrogen and oxygen atoms in total. The van der Waals surface area contributed by atoms with Gasteiger partial charge in [0.2, 0.25) is 0 Å². The standard InChI is InChI=1S/C14H8BrI/c15-13-3-1-2-10-5-4-9-6-7-11(16)8-12(9)14(10)13/h1-8H. The van der Waals surface area contributed by atoms with Gasteiger partial charge in [-0.05, 0) is 56.9 Å². The molecule has 0 aliphatic heterocycles. The molecule has 3 aromatic carbocycles. The number of rotatable bonds is 0. The summed E-state index contributed by atoms with van der Waals surface area (Å²) in [4.78, 5) is 0. The molecule has 0 aliphatic rings. The van der Waals surface area contributed by atoms with E-state index in [0.29, 0.717) is 0 Å². The maximum Gasteiger partial charge on any atom is 0.0259 e. The zero-order chi connectivity index (χ0) is 11.1. The summed E-state index contributed by atoms with van der Waals surface area (Å²) < 4.78 is 2.44. The highest BCUT2D eigenvalue weighted by molar-refractivity contribution is 14.1. The summed E-state index contributed by atoms with van der Waals surface area (Å²) in [5.41, 5.74) is 0. The van der Waals surface area contributed by atoms with Crippen molar-refractivity contribution in [1.82, 2.24) is 0 Å². The molecule has 0 spiro atoms. The van der Waals surface area contributed by atoms with Crippen molar-refractivity contribution in [2.45, 2.75) is 0 Å². The van der Waals surface area contributed by atoms with Crippen LogP contribution in [0.4, 0.5) is 0 Å². The van der Waals surface area contributed by atoms with Crippen LogP contribution >= 0.6 is 38.5 Å². The second kappa shape index (κ2) is 4.00. The van der Waals surface area contributed by atoms with Gasteiger partial charge < -0.3 is 0 Å². The Morgan fingerprint density at radius 2 is 1.62 bits per heavy atom. The molecule has 0 heterocycles. The number of halogens is 2. The van der Waals surface area contributed by atoms with E-state index in [-0.39, 0.29) is 0 Å². The Morgan fingerprint density at radius 1 is 0.875 bits per heavy atom. The van der Waals surface area contributed by atoms with E-state index in [1.54, 1.807) is 0 Å². The third kappa shape index (κ3) is 1.64. The molecule has 16 heavy (non-hydrogen) atoms. The fourth-order valence-corrected chi connectivity index (χ4v) is 3.12. The maximum atomic E-state index is 3.64. The van der Waals surface area contributed by atoms with Crippen LogP contribution in [-0.2, 0) is 0 Å². The van der Waals surface area contributed by atoms with E-state index < -0.39 is 0 Å². The first kappa shape index (κ1) is 10.5. The lowest BCUT2D eigenvalue weighted by Crippen LogP contribution is -1.80. The molecule has 2 heteroatoms. The van der Waals surface area contributed by atoms with Gasteiger partial charge in [0.15, 0.2) is 0 Å². The molecule has 0 aliphatic carbocycles. The van der Waals surface area contributed by atoms with Crippen molar-refractivity contribution < 1.29 is 0 Å². The molecule has 3 aromatic rings. The number of hydrogen-bond acceptors (Lipinski definition) is 0. The molecule has 0 bridgehead atoms. The number of fused-ring (bicyclic) bond motifs is 3. The highest BCUT2D eigenvalue weighted by Crippen LogP contribution is 2.32. The first-order valence-electron chi connectivity index (χ1n) is 5.02. The second-order valence-corrected chi connectivity index (χ2v) is 5.87. The lowest BCUT2D eigenvalue weighted by molar-refractivity contribution is 1.70. The highest BCUT2D eigenvalue weighted by atomic mass is 127. The molecule has 0 unspecified atom stereocenters. The molecule has 3 rings (SSSR count). The van der Waals surface area contributed by atoms with Crippen LogP contribution in [0.5, 0.6) is 0 Å². The molecule has 0 atom stereocenters. The third-order valence-corrected chi connectivity index (χ3v) is 4.10.